The number of halogens is 1. The van der Waals surface area contributed by atoms with Crippen molar-refractivity contribution >= 4 is 45.3 Å². The van der Waals surface area contributed by atoms with Crippen LogP contribution < -0.4 is 5.32 Å². The summed E-state index contributed by atoms with van der Waals surface area (Å²) in [5, 5.41) is 11.0. The SMILES string of the molecule is CSc1ccc(-c2nnc(NC(=O)C3CCN(S(=O)(=O)c4ccc(Cl)cc4)CC3)o2)cc1. The van der Waals surface area contributed by atoms with Crippen LogP contribution in [-0.2, 0) is 14.8 Å². The van der Waals surface area contributed by atoms with Crippen LogP contribution in [0.2, 0.25) is 5.02 Å². The van der Waals surface area contributed by atoms with E-state index in [1.165, 1.54) is 16.4 Å². The number of hydrogen-bond donors (Lipinski definition) is 1. The molecule has 0 aliphatic carbocycles. The summed E-state index contributed by atoms with van der Waals surface area (Å²) in [5.74, 6) is -0.291. The maximum absolute atomic E-state index is 12.8. The van der Waals surface area contributed by atoms with Gasteiger partial charge >= 0.3 is 6.01 Å². The normalized spacial score (nSPS) is 15.6. The number of benzene rings is 2. The lowest BCUT2D eigenvalue weighted by Gasteiger charge is -2.30. The van der Waals surface area contributed by atoms with Crippen LogP contribution in [0.4, 0.5) is 6.01 Å². The maximum atomic E-state index is 12.8. The van der Waals surface area contributed by atoms with Gasteiger partial charge in [0.05, 0.1) is 4.90 Å². The standard InChI is InChI=1S/C21H21ClN4O4S2/c1-31-17-6-2-15(3-7-17)20-24-25-21(30-20)23-19(27)14-10-12-26(13-11-14)32(28,29)18-8-4-16(22)5-9-18/h2-9,14H,10-13H2,1H3,(H,23,25,27). The Morgan fingerprint density at radius 3 is 2.38 bits per heavy atom. The van der Waals surface area contributed by atoms with Gasteiger partial charge in [-0.15, -0.1) is 16.9 Å². The van der Waals surface area contributed by atoms with E-state index < -0.39 is 10.0 Å². The minimum Gasteiger partial charge on any atom is -0.403 e. The van der Waals surface area contributed by atoms with Gasteiger partial charge in [0.25, 0.3) is 0 Å². The molecular weight excluding hydrogens is 472 g/mol. The van der Waals surface area contributed by atoms with E-state index in [0.717, 1.165) is 10.5 Å². The van der Waals surface area contributed by atoms with Gasteiger partial charge in [0, 0.05) is 34.5 Å². The molecule has 1 fully saturated rings. The van der Waals surface area contributed by atoms with Crippen LogP contribution in [0.3, 0.4) is 0 Å². The van der Waals surface area contributed by atoms with Gasteiger partial charge in [0.1, 0.15) is 0 Å². The first-order chi connectivity index (χ1) is 15.4. The molecule has 1 aromatic heterocycles. The largest absolute Gasteiger partial charge is 0.403 e. The Labute approximate surface area is 195 Å². The van der Waals surface area contributed by atoms with Gasteiger partial charge in [-0.3, -0.25) is 10.1 Å². The summed E-state index contributed by atoms with van der Waals surface area (Å²) in [4.78, 5) is 13.9. The van der Waals surface area contributed by atoms with Crippen molar-refractivity contribution in [2.45, 2.75) is 22.6 Å². The van der Waals surface area contributed by atoms with E-state index in [2.05, 4.69) is 15.5 Å². The first-order valence-electron chi connectivity index (χ1n) is 9.91. The summed E-state index contributed by atoms with van der Waals surface area (Å²) in [7, 11) is -3.62. The second-order valence-electron chi connectivity index (χ2n) is 7.26. The molecule has 1 N–H and O–H groups in total. The van der Waals surface area contributed by atoms with Crippen molar-refractivity contribution in [1.29, 1.82) is 0 Å². The van der Waals surface area contributed by atoms with E-state index in [9.17, 15) is 13.2 Å². The summed E-state index contributed by atoms with van der Waals surface area (Å²) >= 11 is 7.48. The Morgan fingerprint density at radius 1 is 1.09 bits per heavy atom. The molecule has 0 atom stereocenters. The highest BCUT2D eigenvalue weighted by Gasteiger charge is 2.32. The summed E-state index contributed by atoms with van der Waals surface area (Å²) in [6.07, 6.45) is 2.79. The highest BCUT2D eigenvalue weighted by Crippen LogP contribution is 2.27. The Kier molecular flexibility index (Phi) is 6.85. The predicted molar refractivity (Wildman–Crippen MR) is 123 cm³/mol. The number of nitrogens with one attached hydrogen (secondary N) is 1. The molecule has 1 aliphatic heterocycles. The third-order valence-corrected chi connectivity index (χ3v) is 8.18. The number of thioether (sulfide) groups is 1. The van der Waals surface area contributed by atoms with Gasteiger partial charge in [-0.1, -0.05) is 16.7 Å². The molecule has 168 valence electrons. The predicted octanol–water partition coefficient (Wildman–Crippen LogP) is 4.15. The summed E-state index contributed by atoms with van der Waals surface area (Å²) in [6.45, 7) is 0.500. The van der Waals surface area contributed by atoms with Gasteiger partial charge in [0.2, 0.25) is 21.8 Å². The summed E-state index contributed by atoms with van der Waals surface area (Å²) < 4.78 is 32.5. The Morgan fingerprint density at radius 2 is 1.75 bits per heavy atom. The molecule has 32 heavy (non-hydrogen) atoms. The van der Waals surface area contributed by atoms with Crippen molar-refractivity contribution in [1.82, 2.24) is 14.5 Å². The smallest absolute Gasteiger partial charge is 0.322 e. The Bertz CT molecular complexity index is 1190. The monoisotopic (exact) mass is 492 g/mol. The highest BCUT2D eigenvalue weighted by atomic mass is 35.5. The number of carbonyl (C=O) groups excluding carboxylic acids is 1. The van der Waals surface area contributed by atoms with Crippen molar-refractivity contribution in [3.8, 4) is 11.5 Å². The molecule has 3 aromatic rings. The molecule has 2 heterocycles. The van der Waals surface area contributed by atoms with Crippen LogP contribution >= 0.6 is 23.4 Å². The Balaban J connectivity index is 1.35. The van der Waals surface area contributed by atoms with Gasteiger partial charge < -0.3 is 4.42 Å². The number of carbonyl (C=O) groups is 1. The number of aromatic nitrogens is 2. The van der Waals surface area contributed by atoms with Crippen LogP contribution in [-0.4, -0.2) is 48.2 Å². The van der Waals surface area contributed by atoms with Crippen molar-refractivity contribution < 1.29 is 17.6 Å². The first-order valence-corrected chi connectivity index (χ1v) is 13.0. The minimum atomic E-state index is -3.62. The van der Waals surface area contributed by atoms with Gasteiger partial charge in [-0.2, -0.15) is 4.31 Å². The molecule has 4 rings (SSSR count). The minimum absolute atomic E-state index is 0.0233. The van der Waals surface area contributed by atoms with E-state index in [1.54, 1.807) is 23.9 Å². The van der Waals surface area contributed by atoms with Crippen LogP contribution in [0.25, 0.3) is 11.5 Å². The highest BCUT2D eigenvalue weighted by molar-refractivity contribution is 7.98. The fraction of sp³-hybridized carbons (Fsp3) is 0.286. The molecule has 0 bridgehead atoms. The average Bonchev–Trinajstić information content (AvgIpc) is 3.28. The lowest BCUT2D eigenvalue weighted by Crippen LogP contribution is -2.41. The molecule has 0 unspecified atom stereocenters. The zero-order valence-electron chi connectivity index (χ0n) is 17.2. The van der Waals surface area contributed by atoms with Crippen molar-refractivity contribution in [2.24, 2.45) is 5.92 Å². The van der Waals surface area contributed by atoms with Crippen molar-refractivity contribution in [3.05, 3.63) is 53.6 Å². The third-order valence-electron chi connectivity index (χ3n) is 5.27. The summed E-state index contributed by atoms with van der Waals surface area (Å²) in [5.41, 5.74) is 0.761. The van der Waals surface area contributed by atoms with Crippen LogP contribution in [0.5, 0.6) is 0 Å². The van der Waals surface area contributed by atoms with E-state index in [4.69, 9.17) is 16.0 Å². The molecule has 1 aliphatic rings. The lowest BCUT2D eigenvalue weighted by atomic mass is 9.97. The molecule has 1 saturated heterocycles. The van der Waals surface area contributed by atoms with E-state index >= 15 is 0 Å². The third kappa shape index (κ3) is 4.98. The van der Waals surface area contributed by atoms with Crippen molar-refractivity contribution in [3.63, 3.8) is 0 Å². The van der Waals surface area contributed by atoms with Gasteiger partial charge in [0.15, 0.2) is 0 Å². The molecule has 0 radical (unpaired) electrons. The van der Waals surface area contributed by atoms with Gasteiger partial charge in [-0.05, 0) is 67.6 Å². The quantitative estimate of drug-likeness (QED) is 0.515. The first kappa shape index (κ1) is 22.8. The molecule has 2 aromatic carbocycles. The van der Waals surface area contributed by atoms with Crippen molar-refractivity contribution in [2.75, 3.05) is 24.7 Å². The number of rotatable bonds is 6. The fourth-order valence-corrected chi connectivity index (χ4v) is 5.45. The summed E-state index contributed by atoms with van der Waals surface area (Å²) in [6, 6.07) is 13.7. The number of sulfonamides is 1. The number of amides is 1. The van der Waals surface area contributed by atoms with Gasteiger partial charge in [-0.25, -0.2) is 8.42 Å². The molecule has 0 saturated carbocycles. The molecule has 0 spiro atoms. The number of anilines is 1. The van der Waals surface area contributed by atoms with Crippen LogP contribution in [0.1, 0.15) is 12.8 Å². The lowest BCUT2D eigenvalue weighted by molar-refractivity contribution is -0.121. The van der Waals surface area contributed by atoms with E-state index in [0.29, 0.717) is 23.8 Å². The zero-order valence-corrected chi connectivity index (χ0v) is 19.6. The molecule has 1 amide bonds. The van der Waals surface area contributed by atoms with Crippen LogP contribution in [0, 0.1) is 5.92 Å². The maximum Gasteiger partial charge on any atom is 0.322 e. The molecule has 11 heteroatoms. The van der Waals surface area contributed by atoms with E-state index in [1.807, 2.05) is 30.5 Å². The topological polar surface area (TPSA) is 105 Å². The molecule has 8 nitrogen and oxygen atoms in total. The second-order valence-corrected chi connectivity index (χ2v) is 10.5. The molecular formula is C21H21ClN4O4S2. The zero-order chi connectivity index (χ0) is 22.7. The number of hydrogen-bond acceptors (Lipinski definition) is 7. The fourth-order valence-electron chi connectivity index (χ4n) is 3.45. The average molecular weight is 493 g/mol. The number of piperidine rings is 1. The van der Waals surface area contributed by atoms with Crippen LogP contribution in [0.15, 0.2) is 62.7 Å². The Hall–Kier alpha value is -2.40. The second kappa shape index (κ2) is 9.62. The van der Waals surface area contributed by atoms with E-state index in [-0.39, 0.29) is 35.8 Å². The number of nitrogens with zero attached hydrogens (tertiary/aromatic N) is 3.